The summed E-state index contributed by atoms with van der Waals surface area (Å²) in [6.07, 6.45) is 0. The molecule has 0 aliphatic rings. The van der Waals surface area contributed by atoms with Crippen molar-refractivity contribution >= 4 is 43.9 Å². The molecule has 0 N–H and O–H groups in total. The average Bonchev–Trinajstić information content (AvgIpc) is 3.85. The van der Waals surface area contributed by atoms with E-state index in [1.807, 2.05) is 48.5 Å². The van der Waals surface area contributed by atoms with Crippen LogP contribution < -0.4 is 0 Å². The van der Waals surface area contributed by atoms with Gasteiger partial charge in [0.05, 0.1) is 0 Å². The SMILES string of the molecule is c1ccc(-c2cccc(-c3nc(-c4cccc(-c5ccccc5)c4)nc(-c4ccc5c(c4)oc4cccc(-c6cccc7c6oc6ccccc67)c45)n3)c2)cc1. The molecule has 0 saturated heterocycles. The smallest absolute Gasteiger partial charge is 0.164 e. The predicted octanol–water partition coefficient (Wildman–Crippen LogP) is 13.7. The van der Waals surface area contributed by atoms with Crippen LogP contribution in [0.3, 0.4) is 0 Å². The lowest BCUT2D eigenvalue weighted by atomic mass is 9.97. The van der Waals surface area contributed by atoms with Crippen LogP contribution in [0.2, 0.25) is 0 Å². The zero-order valence-electron chi connectivity index (χ0n) is 30.1. The summed E-state index contributed by atoms with van der Waals surface area (Å²) in [6, 6.07) is 64.5. The van der Waals surface area contributed by atoms with Crippen molar-refractivity contribution in [2.45, 2.75) is 0 Å². The number of hydrogen-bond donors (Lipinski definition) is 0. The zero-order chi connectivity index (χ0) is 37.0. The van der Waals surface area contributed by atoms with Crippen LogP contribution in [0.25, 0.3) is 111 Å². The van der Waals surface area contributed by atoms with Crippen molar-refractivity contribution in [3.05, 3.63) is 188 Å². The molecule has 0 aliphatic heterocycles. The van der Waals surface area contributed by atoms with Crippen LogP contribution in [-0.2, 0) is 0 Å². The molecule has 0 aliphatic carbocycles. The van der Waals surface area contributed by atoms with Gasteiger partial charge in [-0.15, -0.1) is 0 Å². The maximum absolute atomic E-state index is 6.61. The van der Waals surface area contributed by atoms with Gasteiger partial charge in [-0.3, -0.25) is 0 Å². The molecule has 0 atom stereocenters. The second-order valence-electron chi connectivity index (χ2n) is 14.0. The van der Waals surface area contributed by atoms with E-state index in [0.717, 1.165) is 93.9 Å². The van der Waals surface area contributed by atoms with E-state index in [9.17, 15) is 0 Å². The van der Waals surface area contributed by atoms with E-state index in [4.69, 9.17) is 23.8 Å². The number of para-hydroxylation sites is 2. The highest BCUT2D eigenvalue weighted by Gasteiger charge is 2.19. The van der Waals surface area contributed by atoms with Crippen molar-refractivity contribution in [2.75, 3.05) is 0 Å². The maximum Gasteiger partial charge on any atom is 0.164 e. The van der Waals surface area contributed by atoms with Crippen molar-refractivity contribution in [3.8, 4) is 67.5 Å². The third-order valence-corrected chi connectivity index (χ3v) is 10.5. The van der Waals surface area contributed by atoms with Crippen molar-refractivity contribution < 1.29 is 8.83 Å². The molecule has 3 heterocycles. The summed E-state index contributed by atoms with van der Waals surface area (Å²) in [5.41, 5.74) is 12.5. The van der Waals surface area contributed by atoms with Crippen LogP contribution >= 0.6 is 0 Å². The summed E-state index contributed by atoms with van der Waals surface area (Å²) in [6.45, 7) is 0. The minimum atomic E-state index is 0.565. The van der Waals surface area contributed by atoms with Crippen LogP contribution in [0.5, 0.6) is 0 Å². The quantitative estimate of drug-likeness (QED) is 0.171. The maximum atomic E-state index is 6.61. The summed E-state index contributed by atoms with van der Waals surface area (Å²) in [4.78, 5) is 15.3. The summed E-state index contributed by atoms with van der Waals surface area (Å²) >= 11 is 0. The Bertz CT molecular complexity index is 3150. The van der Waals surface area contributed by atoms with E-state index in [-0.39, 0.29) is 0 Å². The summed E-state index contributed by atoms with van der Waals surface area (Å²) in [5.74, 6) is 1.76. The van der Waals surface area contributed by atoms with E-state index in [1.54, 1.807) is 0 Å². The number of aromatic nitrogens is 3. The molecule has 5 nitrogen and oxygen atoms in total. The van der Waals surface area contributed by atoms with Gasteiger partial charge in [0.15, 0.2) is 17.5 Å². The van der Waals surface area contributed by atoms with Gasteiger partial charge in [0.1, 0.15) is 22.3 Å². The highest BCUT2D eigenvalue weighted by molar-refractivity contribution is 6.17. The number of furan rings is 2. The lowest BCUT2D eigenvalue weighted by molar-refractivity contribution is 0.669. The van der Waals surface area contributed by atoms with Crippen LogP contribution in [-0.4, -0.2) is 15.0 Å². The third kappa shape index (κ3) is 5.45. The summed E-state index contributed by atoms with van der Waals surface area (Å²) in [5, 5.41) is 4.24. The minimum Gasteiger partial charge on any atom is -0.456 e. The molecule has 56 heavy (non-hydrogen) atoms. The first kappa shape index (κ1) is 31.9. The van der Waals surface area contributed by atoms with Gasteiger partial charge < -0.3 is 8.83 Å². The third-order valence-electron chi connectivity index (χ3n) is 10.5. The Kier molecular flexibility index (Phi) is 7.42. The first-order valence-corrected chi connectivity index (χ1v) is 18.7. The van der Waals surface area contributed by atoms with Gasteiger partial charge in [0.2, 0.25) is 0 Å². The molecule has 0 bridgehead atoms. The molecule has 3 aromatic heterocycles. The lowest BCUT2D eigenvalue weighted by Crippen LogP contribution is -2.00. The predicted molar refractivity (Wildman–Crippen MR) is 227 cm³/mol. The lowest BCUT2D eigenvalue weighted by Gasteiger charge is -2.11. The normalized spacial score (nSPS) is 11.6. The molecular weight excluding hydrogens is 687 g/mol. The zero-order valence-corrected chi connectivity index (χ0v) is 30.1. The largest absolute Gasteiger partial charge is 0.456 e. The molecule has 5 heteroatoms. The number of rotatable bonds is 6. The number of hydrogen-bond acceptors (Lipinski definition) is 5. The van der Waals surface area contributed by atoms with E-state index in [1.165, 1.54) is 0 Å². The monoisotopic (exact) mass is 717 g/mol. The molecule has 0 radical (unpaired) electrons. The van der Waals surface area contributed by atoms with Gasteiger partial charge in [-0.25, -0.2) is 15.0 Å². The van der Waals surface area contributed by atoms with Gasteiger partial charge in [-0.05, 0) is 64.2 Å². The standard InChI is InChI=1S/C51H31N3O2/c1-3-13-32(14-4-1)34-17-9-19-36(29-34)49-52-50(37-20-10-18-35(30-37)33-15-5-2-6-16-33)54-51(53-49)38-27-28-43-46(31-38)55-45-26-12-22-40(47(43)45)42-24-11-23-41-39-21-7-8-25-44(39)56-48(41)42/h1-31H. The Labute approximate surface area is 322 Å². The van der Waals surface area contributed by atoms with E-state index in [0.29, 0.717) is 17.5 Å². The fourth-order valence-corrected chi connectivity index (χ4v) is 7.85. The molecule has 0 amide bonds. The molecule has 262 valence electrons. The Morgan fingerprint density at radius 1 is 0.286 bits per heavy atom. The fourth-order valence-electron chi connectivity index (χ4n) is 7.85. The van der Waals surface area contributed by atoms with Crippen LogP contribution in [0.1, 0.15) is 0 Å². The number of benzene rings is 8. The van der Waals surface area contributed by atoms with Crippen molar-refractivity contribution in [1.29, 1.82) is 0 Å². The van der Waals surface area contributed by atoms with E-state index >= 15 is 0 Å². The van der Waals surface area contributed by atoms with Gasteiger partial charge in [-0.1, -0.05) is 152 Å². The molecule has 0 unspecified atom stereocenters. The second kappa shape index (κ2) is 13.0. The van der Waals surface area contributed by atoms with Gasteiger partial charge >= 0.3 is 0 Å². The van der Waals surface area contributed by atoms with Gasteiger partial charge in [-0.2, -0.15) is 0 Å². The van der Waals surface area contributed by atoms with Gasteiger partial charge in [0.25, 0.3) is 0 Å². The topological polar surface area (TPSA) is 65.0 Å². The molecule has 0 saturated carbocycles. The fraction of sp³-hybridized carbons (Fsp3) is 0. The number of nitrogens with zero attached hydrogens (tertiary/aromatic N) is 3. The Balaban J connectivity index is 1.07. The van der Waals surface area contributed by atoms with Crippen LogP contribution in [0, 0.1) is 0 Å². The number of fused-ring (bicyclic) bond motifs is 6. The minimum absolute atomic E-state index is 0.565. The van der Waals surface area contributed by atoms with E-state index < -0.39 is 0 Å². The van der Waals surface area contributed by atoms with Crippen molar-refractivity contribution in [3.63, 3.8) is 0 Å². The highest BCUT2D eigenvalue weighted by atomic mass is 16.3. The first-order chi connectivity index (χ1) is 27.7. The molecule has 8 aromatic carbocycles. The Hall–Kier alpha value is -7.63. The van der Waals surface area contributed by atoms with E-state index in [2.05, 4.69) is 140 Å². The molecule has 0 fully saturated rings. The highest BCUT2D eigenvalue weighted by Crippen LogP contribution is 2.42. The summed E-state index contributed by atoms with van der Waals surface area (Å²) in [7, 11) is 0. The van der Waals surface area contributed by atoms with Gasteiger partial charge in [0, 0.05) is 43.8 Å². The van der Waals surface area contributed by atoms with Crippen molar-refractivity contribution in [1.82, 2.24) is 15.0 Å². The second-order valence-corrected chi connectivity index (χ2v) is 14.0. The van der Waals surface area contributed by atoms with Crippen molar-refractivity contribution in [2.24, 2.45) is 0 Å². The average molecular weight is 718 g/mol. The molecule has 0 spiro atoms. The molecule has 11 rings (SSSR count). The van der Waals surface area contributed by atoms with Crippen LogP contribution in [0.4, 0.5) is 0 Å². The Morgan fingerprint density at radius 3 is 1.46 bits per heavy atom. The molecule has 11 aromatic rings. The first-order valence-electron chi connectivity index (χ1n) is 18.7. The van der Waals surface area contributed by atoms with Crippen LogP contribution in [0.15, 0.2) is 197 Å². The molecular formula is C51H31N3O2. The summed E-state index contributed by atoms with van der Waals surface area (Å²) < 4.78 is 13.1. The Morgan fingerprint density at radius 2 is 0.786 bits per heavy atom.